The van der Waals surface area contributed by atoms with Gasteiger partial charge in [-0.05, 0) is 23.8 Å². The maximum atomic E-state index is 11.4. The van der Waals surface area contributed by atoms with E-state index in [-0.39, 0.29) is 24.3 Å². The molecule has 2 N–H and O–H groups in total. The Morgan fingerprint density at radius 3 is 2.40 bits per heavy atom. The summed E-state index contributed by atoms with van der Waals surface area (Å²) < 4.78 is 0. The largest absolute Gasteiger partial charge is 0.504 e. The average Bonchev–Trinajstić information content (AvgIpc) is 2.72. The second kappa shape index (κ2) is 5.43. The van der Waals surface area contributed by atoms with Gasteiger partial charge in [0.25, 0.3) is 11.8 Å². The summed E-state index contributed by atoms with van der Waals surface area (Å²) in [6.45, 7) is 0. The zero-order valence-corrected chi connectivity index (χ0v) is 10.3. The molecule has 0 bridgehead atoms. The average molecular weight is 277 g/mol. The van der Waals surface area contributed by atoms with E-state index in [0.29, 0.717) is 10.6 Å². The third-order valence-corrected chi connectivity index (χ3v) is 2.60. The Morgan fingerprint density at radius 1 is 1.15 bits per heavy atom. The maximum absolute atomic E-state index is 11.4. The van der Waals surface area contributed by atoms with Crippen molar-refractivity contribution < 1.29 is 29.4 Å². The van der Waals surface area contributed by atoms with Gasteiger partial charge in [0.2, 0.25) is 0 Å². The van der Waals surface area contributed by atoms with Gasteiger partial charge in [-0.1, -0.05) is 6.07 Å². The predicted molar refractivity (Wildman–Crippen MR) is 66.0 cm³/mol. The highest BCUT2D eigenvalue weighted by Gasteiger charge is 2.32. The topological polar surface area (TPSA) is 104 Å². The molecule has 7 nitrogen and oxygen atoms in total. The molecule has 1 aromatic carbocycles. The fourth-order valence-electron chi connectivity index (χ4n) is 1.59. The third-order valence-electron chi connectivity index (χ3n) is 2.60. The standard InChI is InChI=1S/C13H11NO6/c15-9-3-1-8(7-10(9)16)2-6-13(19)20-14-11(17)4-5-12(14)18/h1-3,6-7,15-16H,4-5H2. The lowest BCUT2D eigenvalue weighted by Gasteiger charge is -2.10. The van der Waals surface area contributed by atoms with Crippen LogP contribution in [0.3, 0.4) is 0 Å². The summed E-state index contributed by atoms with van der Waals surface area (Å²) in [5.74, 6) is -2.61. The van der Waals surface area contributed by atoms with Crippen LogP contribution in [-0.4, -0.2) is 33.1 Å². The first-order valence-corrected chi connectivity index (χ1v) is 5.75. The Morgan fingerprint density at radius 2 is 1.80 bits per heavy atom. The molecule has 1 aromatic rings. The number of amides is 2. The van der Waals surface area contributed by atoms with Crippen LogP contribution < -0.4 is 0 Å². The molecule has 1 saturated heterocycles. The molecular formula is C13H11NO6. The SMILES string of the molecule is O=C(C=Cc1ccc(O)c(O)c1)ON1C(=O)CCC1=O. The van der Waals surface area contributed by atoms with Gasteiger partial charge in [-0.25, -0.2) is 4.79 Å². The molecule has 0 aromatic heterocycles. The van der Waals surface area contributed by atoms with Crippen LogP contribution in [-0.2, 0) is 19.2 Å². The number of imide groups is 1. The molecule has 2 rings (SSSR count). The summed E-state index contributed by atoms with van der Waals surface area (Å²) in [4.78, 5) is 38.5. The van der Waals surface area contributed by atoms with Crippen LogP contribution in [0.5, 0.6) is 11.5 Å². The molecule has 0 unspecified atom stereocenters. The first-order valence-electron chi connectivity index (χ1n) is 5.75. The van der Waals surface area contributed by atoms with Gasteiger partial charge in [0.15, 0.2) is 11.5 Å². The summed E-state index contributed by atoms with van der Waals surface area (Å²) in [7, 11) is 0. The van der Waals surface area contributed by atoms with E-state index in [1.807, 2.05) is 0 Å². The zero-order chi connectivity index (χ0) is 14.7. The lowest BCUT2D eigenvalue weighted by atomic mass is 10.2. The number of hydroxylamine groups is 2. The molecule has 104 valence electrons. The Labute approximate surface area is 113 Å². The maximum Gasteiger partial charge on any atom is 0.356 e. The minimum atomic E-state index is -0.888. The Kier molecular flexibility index (Phi) is 3.69. The Balaban J connectivity index is 2.00. The van der Waals surface area contributed by atoms with Crippen molar-refractivity contribution in [1.29, 1.82) is 0 Å². The molecule has 20 heavy (non-hydrogen) atoms. The molecule has 0 aliphatic carbocycles. The number of aromatic hydroxyl groups is 2. The van der Waals surface area contributed by atoms with E-state index in [0.717, 1.165) is 6.08 Å². The number of nitrogens with zero attached hydrogens (tertiary/aromatic N) is 1. The molecule has 0 spiro atoms. The predicted octanol–water partition coefficient (Wildman–Crippen LogP) is 0.718. The Bertz CT molecular complexity index is 591. The molecule has 1 aliphatic heterocycles. The van der Waals surface area contributed by atoms with Crippen LogP contribution in [0.25, 0.3) is 6.08 Å². The van der Waals surface area contributed by atoms with E-state index < -0.39 is 17.8 Å². The number of phenols is 2. The van der Waals surface area contributed by atoms with Crippen molar-refractivity contribution in [3.05, 3.63) is 29.8 Å². The van der Waals surface area contributed by atoms with Gasteiger partial charge in [-0.3, -0.25) is 9.59 Å². The number of rotatable bonds is 3. The fraction of sp³-hybridized carbons (Fsp3) is 0.154. The third kappa shape index (κ3) is 2.94. The van der Waals surface area contributed by atoms with E-state index in [2.05, 4.69) is 4.84 Å². The van der Waals surface area contributed by atoms with Crippen LogP contribution in [0.1, 0.15) is 18.4 Å². The van der Waals surface area contributed by atoms with Gasteiger partial charge in [0.05, 0.1) is 0 Å². The number of phenolic OH excluding ortho intramolecular Hbond substituents is 2. The van der Waals surface area contributed by atoms with E-state index in [4.69, 9.17) is 5.11 Å². The summed E-state index contributed by atoms with van der Waals surface area (Å²) in [6.07, 6.45) is 2.38. The van der Waals surface area contributed by atoms with Crippen molar-refractivity contribution in [2.75, 3.05) is 0 Å². The molecule has 0 saturated carbocycles. The number of carbonyl (C=O) groups excluding carboxylic acids is 3. The summed E-state index contributed by atoms with van der Waals surface area (Å²) >= 11 is 0. The first-order chi connectivity index (χ1) is 9.47. The van der Waals surface area contributed by atoms with Crippen molar-refractivity contribution in [2.24, 2.45) is 0 Å². The second-order valence-corrected chi connectivity index (χ2v) is 4.07. The van der Waals surface area contributed by atoms with Gasteiger partial charge in [-0.15, -0.1) is 5.06 Å². The van der Waals surface area contributed by atoms with Crippen molar-refractivity contribution in [3.63, 3.8) is 0 Å². The summed E-state index contributed by atoms with van der Waals surface area (Å²) in [5, 5.41) is 18.8. The van der Waals surface area contributed by atoms with Gasteiger partial charge >= 0.3 is 5.97 Å². The lowest BCUT2D eigenvalue weighted by Crippen LogP contribution is -2.31. The van der Waals surface area contributed by atoms with Gasteiger partial charge < -0.3 is 15.1 Å². The van der Waals surface area contributed by atoms with Crippen molar-refractivity contribution in [1.82, 2.24) is 5.06 Å². The van der Waals surface area contributed by atoms with Crippen molar-refractivity contribution in [3.8, 4) is 11.5 Å². The molecule has 0 atom stereocenters. The van der Waals surface area contributed by atoms with Gasteiger partial charge in [0.1, 0.15) is 0 Å². The van der Waals surface area contributed by atoms with Crippen LogP contribution in [0, 0.1) is 0 Å². The normalized spacial score (nSPS) is 15.1. The van der Waals surface area contributed by atoms with E-state index in [9.17, 15) is 19.5 Å². The van der Waals surface area contributed by atoms with E-state index in [1.54, 1.807) is 0 Å². The number of benzene rings is 1. The number of carbonyl (C=O) groups is 3. The van der Waals surface area contributed by atoms with Crippen LogP contribution in [0.15, 0.2) is 24.3 Å². The van der Waals surface area contributed by atoms with Gasteiger partial charge in [0, 0.05) is 18.9 Å². The lowest BCUT2D eigenvalue weighted by molar-refractivity contribution is -0.193. The van der Waals surface area contributed by atoms with E-state index in [1.165, 1.54) is 24.3 Å². The highest BCUT2D eigenvalue weighted by molar-refractivity contribution is 6.02. The first kappa shape index (κ1) is 13.6. The molecule has 1 heterocycles. The minimum absolute atomic E-state index is 0.0294. The highest BCUT2D eigenvalue weighted by Crippen LogP contribution is 2.25. The molecule has 0 radical (unpaired) electrons. The molecule has 2 amide bonds. The monoisotopic (exact) mass is 277 g/mol. The number of hydrogen-bond acceptors (Lipinski definition) is 6. The van der Waals surface area contributed by atoms with Crippen molar-refractivity contribution in [2.45, 2.75) is 12.8 Å². The quantitative estimate of drug-likeness (QED) is 0.479. The summed E-state index contributed by atoms with van der Waals surface area (Å²) in [5.41, 5.74) is 0.441. The number of hydrogen-bond donors (Lipinski definition) is 2. The molecular weight excluding hydrogens is 266 g/mol. The smallest absolute Gasteiger partial charge is 0.356 e. The van der Waals surface area contributed by atoms with Crippen LogP contribution in [0.2, 0.25) is 0 Å². The molecule has 7 heteroatoms. The van der Waals surface area contributed by atoms with Gasteiger partial charge in [-0.2, -0.15) is 0 Å². The summed E-state index contributed by atoms with van der Waals surface area (Å²) in [6, 6.07) is 3.96. The Hall–Kier alpha value is -2.83. The van der Waals surface area contributed by atoms with E-state index >= 15 is 0 Å². The fourth-order valence-corrected chi connectivity index (χ4v) is 1.59. The van der Waals surface area contributed by atoms with Crippen LogP contribution >= 0.6 is 0 Å². The highest BCUT2D eigenvalue weighted by atomic mass is 16.7. The van der Waals surface area contributed by atoms with Crippen molar-refractivity contribution >= 4 is 23.9 Å². The van der Waals surface area contributed by atoms with Crippen LogP contribution in [0.4, 0.5) is 0 Å². The zero-order valence-electron chi connectivity index (χ0n) is 10.3. The molecule has 1 fully saturated rings. The molecule has 1 aliphatic rings. The second-order valence-electron chi connectivity index (χ2n) is 4.07. The minimum Gasteiger partial charge on any atom is -0.504 e.